The van der Waals surface area contributed by atoms with Crippen molar-refractivity contribution in [1.82, 2.24) is 0 Å². The highest BCUT2D eigenvalue weighted by atomic mass is 14.3. The van der Waals surface area contributed by atoms with Crippen LogP contribution in [0.3, 0.4) is 0 Å². The van der Waals surface area contributed by atoms with Gasteiger partial charge in [0.25, 0.3) is 0 Å². The average molecular weight is 341 g/mol. The summed E-state index contributed by atoms with van der Waals surface area (Å²) < 4.78 is 0. The Morgan fingerprint density at radius 2 is 1.12 bits per heavy atom. The number of unbranched alkanes of at least 4 members (excludes halogenated alkanes) is 2. The van der Waals surface area contributed by atoms with E-state index in [-0.39, 0.29) is 0 Å². The SMILES string of the molecule is CCCCc1ccc(CCCC)c2c1-c1ccc3c4c(ccc-2c14)CC3. The molecule has 0 N–H and O–H groups in total. The maximum atomic E-state index is 2.44. The predicted molar refractivity (Wildman–Crippen MR) is 113 cm³/mol. The van der Waals surface area contributed by atoms with E-state index in [1.807, 2.05) is 0 Å². The van der Waals surface area contributed by atoms with Crippen LogP contribution in [0.4, 0.5) is 0 Å². The van der Waals surface area contributed by atoms with E-state index >= 15 is 0 Å². The molecule has 0 aliphatic heterocycles. The van der Waals surface area contributed by atoms with Crippen LogP contribution in [-0.4, -0.2) is 0 Å². The van der Waals surface area contributed by atoms with Gasteiger partial charge in [0.15, 0.2) is 0 Å². The second kappa shape index (κ2) is 6.27. The molecule has 0 nitrogen and oxygen atoms in total. The molecule has 3 aromatic carbocycles. The Kier molecular flexibility index (Phi) is 3.89. The van der Waals surface area contributed by atoms with Gasteiger partial charge in [-0.05, 0) is 93.8 Å². The molecule has 5 rings (SSSR count). The third-order valence-electron chi connectivity index (χ3n) is 6.51. The molecule has 132 valence electrons. The zero-order valence-corrected chi connectivity index (χ0v) is 16.1. The van der Waals surface area contributed by atoms with Gasteiger partial charge in [-0.3, -0.25) is 0 Å². The minimum Gasteiger partial charge on any atom is -0.0654 e. The zero-order chi connectivity index (χ0) is 17.7. The summed E-state index contributed by atoms with van der Waals surface area (Å²) in [6.45, 7) is 4.60. The summed E-state index contributed by atoms with van der Waals surface area (Å²) in [5.41, 5.74) is 12.4. The monoisotopic (exact) mass is 340 g/mol. The molecule has 0 fully saturated rings. The fourth-order valence-electron chi connectivity index (χ4n) is 5.20. The molecule has 26 heavy (non-hydrogen) atoms. The van der Waals surface area contributed by atoms with Gasteiger partial charge in [-0.15, -0.1) is 0 Å². The molecule has 0 amide bonds. The van der Waals surface area contributed by atoms with E-state index in [1.54, 1.807) is 44.2 Å². The van der Waals surface area contributed by atoms with Crippen LogP contribution in [-0.2, 0) is 25.7 Å². The van der Waals surface area contributed by atoms with Crippen molar-refractivity contribution in [3.05, 3.63) is 58.7 Å². The van der Waals surface area contributed by atoms with Gasteiger partial charge in [0, 0.05) is 0 Å². The minimum absolute atomic E-state index is 1.21. The number of benzene rings is 3. The molecule has 2 aliphatic rings. The van der Waals surface area contributed by atoms with Gasteiger partial charge in [0.2, 0.25) is 0 Å². The van der Waals surface area contributed by atoms with Crippen molar-refractivity contribution >= 4 is 10.8 Å². The average Bonchev–Trinajstić information content (AvgIpc) is 3.23. The topological polar surface area (TPSA) is 0 Å². The third-order valence-corrected chi connectivity index (χ3v) is 6.51. The van der Waals surface area contributed by atoms with Crippen molar-refractivity contribution in [1.29, 1.82) is 0 Å². The van der Waals surface area contributed by atoms with Crippen molar-refractivity contribution in [3.8, 4) is 22.3 Å². The molecule has 0 saturated heterocycles. The summed E-state index contributed by atoms with van der Waals surface area (Å²) in [6.07, 6.45) is 9.94. The van der Waals surface area contributed by atoms with Gasteiger partial charge in [-0.2, -0.15) is 0 Å². The fourth-order valence-corrected chi connectivity index (χ4v) is 5.20. The van der Waals surface area contributed by atoms with Crippen LogP contribution < -0.4 is 0 Å². The molecule has 0 radical (unpaired) electrons. The summed E-state index contributed by atoms with van der Waals surface area (Å²) in [5, 5.41) is 3.15. The first-order chi connectivity index (χ1) is 12.8. The van der Waals surface area contributed by atoms with Crippen molar-refractivity contribution in [3.63, 3.8) is 0 Å². The first kappa shape index (κ1) is 16.1. The maximum Gasteiger partial charge on any atom is -0.00206 e. The van der Waals surface area contributed by atoms with Gasteiger partial charge in [0.1, 0.15) is 0 Å². The first-order valence-electron chi connectivity index (χ1n) is 10.6. The number of rotatable bonds is 6. The Labute approximate surface area is 157 Å². The second-order valence-corrected chi connectivity index (χ2v) is 8.14. The molecule has 0 bridgehead atoms. The van der Waals surface area contributed by atoms with Gasteiger partial charge in [-0.25, -0.2) is 0 Å². The second-order valence-electron chi connectivity index (χ2n) is 8.14. The molecule has 0 saturated carbocycles. The van der Waals surface area contributed by atoms with Gasteiger partial charge in [-0.1, -0.05) is 63.1 Å². The Morgan fingerprint density at radius 1 is 0.615 bits per heavy atom. The lowest BCUT2D eigenvalue weighted by molar-refractivity contribution is 0.788. The van der Waals surface area contributed by atoms with Crippen molar-refractivity contribution in [2.75, 3.05) is 0 Å². The van der Waals surface area contributed by atoms with Crippen LogP contribution >= 0.6 is 0 Å². The fraction of sp³-hybridized carbons (Fsp3) is 0.385. The summed E-state index contributed by atoms with van der Waals surface area (Å²) >= 11 is 0. The van der Waals surface area contributed by atoms with E-state index in [9.17, 15) is 0 Å². The Hall–Kier alpha value is -2.08. The Morgan fingerprint density at radius 3 is 1.58 bits per heavy atom. The van der Waals surface area contributed by atoms with Crippen LogP contribution in [0.1, 0.15) is 61.8 Å². The molecule has 0 heterocycles. The molecule has 0 unspecified atom stereocenters. The van der Waals surface area contributed by atoms with E-state index < -0.39 is 0 Å². The van der Waals surface area contributed by atoms with E-state index in [0.717, 1.165) is 0 Å². The maximum absolute atomic E-state index is 2.44. The zero-order valence-electron chi connectivity index (χ0n) is 16.1. The molecule has 0 heteroatoms. The van der Waals surface area contributed by atoms with E-state index in [1.165, 1.54) is 62.5 Å². The molecule has 0 atom stereocenters. The quantitative estimate of drug-likeness (QED) is 0.346. The standard InChI is InChI=1S/C26H28/c1-3-5-7-17-9-10-18(8-6-4-2)25-22-16-14-20-12-11-19-13-15-21(24(17)25)26(22)23(19)20/h9-10,13-16H,3-8,11-12H2,1-2H3. The number of hydrogen-bond donors (Lipinski definition) is 0. The highest BCUT2D eigenvalue weighted by Crippen LogP contribution is 2.53. The highest BCUT2D eigenvalue weighted by molar-refractivity contribution is 6.18. The van der Waals surface area contributed by atoms with Crippen LogP contribution in [0.15, 0.2) is 36.4 Å². The normalized spacial score (nSPS) is 13.6. The number of aryl methyl sites for hydroxylation is 4. The predicted octanol–water partition coefficient (Wildman–Crippen LogP) is 7.27. The van der Waals surface area contributed by atoms with Crippen molar-refractivity contribution < 1.29 is 0 Å². The summed E-state index contributed by atoms with van der Waals surface area (Å²) in [5.74, 6) is 0. The van der Waals surface area contributed by atoms with E-state index in [0.29, 0.717) is 0 Å². The molecule has 3 aromatic rings. The third kappa shape index (κ3) is 2.21. The van der Waals surface area contributed by atoms with Crippen LogP contribution in [0.2, 0.25) is 0 Å². The Balaban J connectivity index is 1.80. The number of fused-ring (bicyclic) bond motifs is 3. The van der Waals surface area contributed by atoms with Gasteiger partial charge >= 0.3 is 0 Å². The van der Waals surface area contributed by atoms with Gasteiger partial charge in [0.05, 0.1) is 0 Å². The van der Waals surface area contributed by atoms with E-state index in [2.05, 4.69) is 50.2 Å². The summed E-state index contributed by atoms with van der Waals surface area (Å²) in [7, 11) is 0. The lowest BCUT2D eigenvalue weighted by Gasteiger charge is -2.15. The van der Waals surface area contributed by atoms with Crippen LogP contribution in [0.5, 0.6) is 0 Å². The summed E-state index contributed by atoms with van der Waals surface area (Å²) in [6, 6.07) is 14.6. The Bertz CT molecular complexity index is 929. The molecular formula is C26H28. The smallest absolute Gasteiger partial charge is 0.00206 e. The molecule has 0 aromatic heterocycles. The minimum atomic E-state index is 1.21. The van der Waals surface area contributed by atoms with Crippen LogP contribution in [0.25, 0.3) is 33.0 Å². The largest absolute Gasteiger partial charge is 0.0654 e. The molecule has 2 aliphatic carbocycles. The molecule has 0 spiro atoms. The first-order valence-corrected chi connectivity index (χ1v) is 10.6. The molecular weight excluding hydrogens is 312 g/mol. The lowest BCUT2D eigenvalue weighted by atomic mass is 9.89. The summed E-state index contributed by atoms with van der Waals surface area (Å²) in [4.78, 5) is 0. The van der Waals surface area contributed by atoms with Gasteiger partial charge < -0.3 is 0 Å². The van der Waals surface area contributed by atoms with E-state index in [4.69, 9.17) is 0 Å². The van der Waals surface area contributed by atoms with Crippen LogP contribution in [0, 0.1) is 0 Å². The number of hydrogen-bond acceptors (Lipinski definition) is 0. The van der Waals surface area contributed by atoms with Crippen molar-refractivity contribution in [2.45, 2.75) is 65.2 Å². The van der Waals surface area contributed by atoms with Crippen molar-refractivity contribution in [2.24, 2.45) is 0 Å². The highest BCUT2D eigenvalue weighted by Gasteiger charge is 2.29. The lowest BCUT2D eigenvalue weighted by Crippen LogP contribution is -1.96.